The van der Waals surface area contributed by atoms with Crippen molar-refractivity contribution in [3.63, 3.8) is 0 Å². The summed E-state index contributed by atoms with van der Waals surface area (Å²) in [6.45, 7) is 2.78. The smallest absolute Gasteiger partial charge is 0.132 e. The van der Waals surface area contributed by atoms with E-state index in [1.54, 1.807) is 0 Å². The SMILES string of the molecule is Nc1snnc1CN1CCOCC1CO. The van der Waals surface area contributed by atoms with Crippen molar-refractivity contribution >= 4 is 16.5 Å². The van der Waals surface area contributed by atoms with Crippen LogP contribution in [0.15, 0.2) is 0 Å². The Labute approximate surface area is 91.8 Å². The predicted octanol–water partition coefficient (Wildman–Crippen LogP) is -0.687. The minimum Gasteiger partial charge on any atom is -0.395 e. The molecule has 15 heavy (non-hydrogen) atoms. The Kier molecular flexibility index (Phi) is 3.47. The summed E-state index contributed by atoms with van der Waals surface area (Å²) in [5, 5.41) is 13.8. The third kappa shape index (κ3) is 2.43. The largest absolute Gasteiger partial charge is 0.395 e. The van der Waals surface area contributed by atoms with E-state index >= 15 is 0 Å². The van der Waals surface area contributed by atoms with Gasteiger partial charge < -0.3 is 15.6 Å². The fraction of sp³-hybridized carbons (Fsp3) is 0.750. The Morgan fingerprint density at radius 2 is 2.53 bits per heavy atom. The number of rotatable bonds is 3. The maximum atomic E-state index is 9.17. The van der Waals surface area contributed by atoms with Crippen LogP contribution in [0.3, 0.4) is 0 Å². The number of morpholine rings is 1. The van der Waals surface area contributed by atoms with Crippen LogP contribution in [0.2, 0.25) is 0 Å². The maximum absolute atomic E-state index is 9.17. The van der Waals surface area contributed by atoms with E-state index in [0.29, 0.717) is 24.8 Å². The Morgan fingerprint density at radius 1 is 1.67 bits per heavy atom. The van der Waals surface area contributed by atoms with E-state index < -0.39 is 0 Å². The highest BCUT2D eigenvalue weighted by molar-refractivity contribution is 7.09. The first-order chi connectivity index (χ1) is 7.31. The summed E-state index contributed by atoms with van der Waals surface area (Å²) >= 11 is 1.20. The van der Waals surface area contributed by atoms with Crippen molar-refractivity contribution in [1.82, 2.24) is 14.5 Å². The van der Waals surface area contributed by atoms with Gasteiger partial charge in [0, 0.05) is 24.6 Å². The molecule has 0 bridgehead atoms. The van der Waals surface area contributed by atoms with Crippen molar-refractivity contribution in [1.29, 1.82) is 0 Å². The summed E-state index contributed by atoms with van der Waals surface area (Å²) in [6.07, 6.45) is 0. The number of aromatic nitrogens is 2. The molecule has 1 aromatic heterocycles. The van der Waals surface area contributed by atoms with Crippen LogP contribution in [0.5, 0.6) is 0 Å². The highest BCUT2D eigenvalue weighted by atomic mass is 32.1. The van der Waals surface area contributed by atoms with E-state index in [2.05, 4.69) is 14.5 Å². The first-order valence-electron chi connectivity index (χ1n) is 4.80. The zero-order valence-corrected chi connectivity index (χ0v) is 9.11. The summed E-state index contributed by atoms with van der Waals surface area (Å²) in [6, 6.07) is 0.0415. The number of nitrogens with two attached hydrogens (primary N) is 1. The fourth-order valence-corrected chi connectivity index (χ4v) is 2.02. The van der Waals surface area contributed by atoms with Crippen molar-refractivity contribution < 1.29 is 9.84 Å². The number of nitrogens with zero attached hydrogens (tertiary/aromatic N) is 3. The van der Waals surface area contributed by atoms with Gasteiger partial charge in [0.25, 0.3) is 0 Å². The standard InChI is InChI=1S/C8H14N4O2S/c9-8-7(10-11-15-8)3-12-1-2-14-5-6(12)4-13/h6,13H,1-5,9H2. The van der Waals surface area contributed by atoms with Gasteiger partial charge in [0.15, 0.2) is 0 Å². The van der Waals surface area contributed by atoms with E-state index in [-0.39, 0.29) is 12.6 Å². The molecular weight excluding hydrogens is 216 g/mol. The van der Waals surface area contributed by atoms with E-state index in [1.165, 1.54) is 11.5 Å². The van der Waals surface area contributed by atoms with Crippen LogP contribution >= 0.6 is 11.5 Å². The van der Waals surface area contributed by atoms with Gasteiger partial charge in [-0.1, -0.05) is 4.49 Å². The third-order valence-corrected chi connectivity index (χ3v) is 3.09. The van der Waals surface area contributed by atoms with Crippen LogP contribution in [0.1, 0.15) is 5.69 Å². The maximum Gasteiger partial charge on any atom is 0.132 e. The molecule has 84 valence electrons. The van der Waals surface area contributed by atoms with Crippen molar-refractivity contribution in [2.75, 3.05) is 32.1 Å². The zero-order chi connectivity index (χ0) is 10.7. The molecule has 3 N–H and O–H groups in total. The van der Waals surface area contributed by atoms with Crippen molar-refractivity contribution in [3.05, 3.63) is 5.69 Å². The molecule has 0 saturated carbocycles. The fourth-order valence-electron chi connectivity index (χ4n) is 1.58. The van der Waals surface area contributed by atoms with Gasteiger partial charge in [0.05, 0.1) is 25.9 Å². The summed E-state index contributed by atoms with van der Waals surface area (Å²) in [5.74, 6) is 0. The second-order valence-corrected chi connectivity index (χ2v) is 4.25. The summed E-state index contributed by atoms with van der Waals surface area (Å²) < 4.78 is 9.07. The average Bonchev–Trinajstić information content (AvgIpc) is 2.65. The van der Waals surface area contributed by atoms with Gasteiger partial charge in [0.1, 0.15) is 10.7 Å². The topological polar surface area (TPSA) is 84.5 Å². The highest BCUT2D eigenvalue weighted by Gasteiger charge is 2.23. The average molecular weight is 230 g/mol. The molecule has 1 aliphatic heterocycles. The molecule has 7 heteroatoms. The summed E-state index contributed by atoms with van der Waals surface area (Å²) in [4.78, 5) is 2.12. The first kappa shape index (κ1) is 10.7. The van der Waals surface area contributed by atoms with Gasteiger partial charge in [-0.15, -0.1) is 5.10 Å². The molecule has 1 atom stereocenters. The quantitative estimate of drug-likeness (QED) is 0.715. The normalized spacial score (nSPS) is 23.1. The number of anilines is 1. The van der Waals surface area contributed by atoms with Crippen LogP contribution in [-0.2, 0) is 11.3 Å². The number of ether oxygens (including phenoxy) is 1. The molecule has 0 aromatic carbocycles. The molecule has 1 fully saturated rings. The van der Waals surface area contributed by atoms with Crippen LogP contribution in [0, 0.1) is 0 Å². The molecule has 2 rings (SSSR count). The zero-order valence-electron chi connectivity index (χ0n) is 8.30. The van der Waals surface area contributed by atoms with Crippen molar-refractivity contribution in [2.24, 2.45) is 0 Å². The highest BCUT2D eigenvalue weighted by Crippen LogP contribution is 2.17. The number of hydrogen-bond acceptors (Lipinski definition) is 7. The van der Waals surface area contributed by atoms with Gasteiger partial charge in [0.2, 0.25) is 0 Å². The van der Waals surface area contributed by atoms with E-state index in [1.807, 2.05) is 0 Å². The third-order valence-electron chi connectivity index (χ3n) is 2.50. The lowest BCUT2D eigenvalue weighted by atomic mass is 10.2. The number of aliphatic hydroxyl groups excluding tert-OH is 1. The Hall–Kier alpha value is -0.760. The molecule has 0 radical (unpaired) electrons. The minimum absolute atomic E-state index is 0.0415. The Balaban J connectivity index is 2.00. The molecule has 6 nitrogen and oxygen atoms in total. The van der Waals surface area contributed by atoms with Crippen LogP contribution in [-0.4, -0.2) is 52.0 Å². The molecule has 1 saturated heterocycles. The number of hydrogen-bond donors (Lipinski definition) is 2. The van der Waals surface area contributed by atoms with Crippen LogP contribution < -0.4 is 5.73 Å². The molecule has 1 unspecified atom stereocenters. The monoisotopic (exact) mass is 230 g/mol. The van der Waals surface area contributed by atoms with Gasteiger partial charge in [-0.25, -0.2) is 0 Å². The van der Waals surface area contributed by atoms with Crippen LogP contribution in [0.4, 0.5) is 5.00 Å². The van der Waals surface area contributed by atoms with Gasteiger partial charge in [-0.3, -0.25) is 4.90 Å². The molecule has 1 aromatic rings. The number of aliphatic hydroxyl groups is 1. The molecule has 0 amide bonds. The van der Waals surface area contributed by atoms with Crippen LogP contribution in [0.25, 0.3) is 0 Å². The van der Waals surface area contributed by atoms with E-state index in [9.17, 15) is 5.11 Å². The minimum atomic E-state index is 0.0415. The van der Waals surface area contributed by atoms with Gasteiger partial charge >= 0.3 is 0 Å². The lowest BCUT2D eigenvalue weighted by Crippen LogP contribution is -2.46. The molecule has 0 spiro atoms. The number of nitrogen functional groups attached to an aromatic ring is 1. The molecule has 0 aliphatic carbocycles. The van der Waals surface area contributed by atoms with E-state index in [4.69, 9.17) is 10.5 Å². The second-order valence-electron chi connectivity index (χ2n) is 3.47. The molecule has 1 aliphatic rings. The second kappa shape index (κ2) is 4.84. The Morgan fingerprint density at radius 3 is 3.20 bits per heavy atom. The van der Waals surface area contributed by atoms with Crippen molar-refractivity contribution in [2.45, 2.75) is 12.6 Å². The lowest BCUT2D eigenvalue weighted by Gasteiger charge is -2.33. The van der Waals surface area contributed by atoms with Gasteiger partial charge in [-0.2, -0.15) is 0 Å². The van der Waals surface area contributed by atoms with E-state index in [0.717, 1.165) is 12.2 Å². The predicted molar refractivity (Wildman–Crippen MR) is 56.4 cm³/mol. The molecular formula is C8H14N4O2S. The lowest BCUT2D eigenvalue weighted by molar-refractivity contribution is -0.0316. The first-order valence-corrected chi connectivity index (χ1v) is 5.58. The molecule has 2 heterocycles. The van der Waals surface area contributed by atoms with Crippen molar-refractivity contribution in [3.8, 4) is 0 Å². The Bertz CT molecular complexity index is 319. The van der Waals surface area contributed by atoms with Gasteiger partial charge in [-0.05, 0) is 0 Å². The summed E-state index contributed by atoms with van der Waals surface area (Å²) in [5.41, 5.74) is 6.51. The summed E-state index contributed by atoms with van der Waals surface area (Å²) in [7, 11) is 0.